The molecule has 0 amide bonds. The van der Waals surface area contributed by atoms with E-state index in [1.807, 2.05) is 0 Å². The smallest absolute Gasteiger partial charge is 0.0386 e. The predicted octanol–water partition coefficient (Wildman–Crippen LogP) is 4.39. The molecule has 1 fully saturated rings. The van der Waals surface area contributed by atoms with Crippen LogP contribution in [0.15, 0.2) is 0 Å². The fourth-order valence-electron chi connectivity index (χ4n) is 2.79. The summed E-state index contributed by atoms with van der Waals surface area (Å²) in [7, 11) is 0. The molecule has 0 aromatic carbocycles. The second kappa shape index (κ2) is 5.61. The van der Waals surface area contributed by atoms with Crippen LogP contribution in [-0.2, 0) is 0 Å². The summed E-state index contributed by atoms with van der Waals surface area (Å²) in [4.78, 5) is 0. The molecule has 0 aromatic rings. The number of rotatable bonds is 5. The van der Waals surface area contributed by atoms with Crippen molar-refractivity contribution in [3.63, 3.8) is 0 Å². The van der Waals surface area contributed by atoms with E-state index in [-0.39, 0.29) is 0 Å². The highest BCUT2D eigenvalue weighted by atomic mass is 14.3. The highest BCUT2D eigenvalue weighted by Crippen LogP contribution is 2.35. The van der Waals surface area contributed by atoms with Gasteiger partial charge in [-0.15, -0.1) is 0 Å². The molecule has 12 heavy (non-hydrogen) atoms. The summed E-state index contributed by atoms with van der Waals surface area (Å²) < 4.78 is 0. The van der Waals surface area contributed by atoms with E-state index in [1.165, 1.54) is 51.4 Å². The lowest BCUT2D eigenvalue weighted by Crippen LogP contribution is -2.11. The molecule has 0 radical (unpaired) electrons. The van der Waals surface area contributed by atoms with Gasteiger partial charge in [-0.2, -0.15) is 0 Å². The maximum Gasteiger partial charge on any atom is -0.0386 e. The minimum absolute atomic E-state index is 1.07. The van der Waals surface area contributed by atoms with Crippen molar-refractivity contribution in [1.82, 2.24) is 0 Å². The Hall–Kier alpha value is 0. The Kier molecular flexibility index (Phi) is 4.72. The molecule has 1 aliphatic rings. The van der Waals surface area contributed by atoms with E-state index < -0.39 is 0 Å². The van der Waals surface area contributed by atoms with Gasteiger partial charge in [0.05, 0.1) is 0 Å². The van der Waals surface area contributed by atoms with Crippen molar-refractivity contribution >= 4 is 0 Å². The maximum absolute atomic E-state index is 2.33. The third-order valence-electron chi connectivity index (χ3n) is 3.39. The van der Waals surface area contributed by atoms with Gasteiger partial charge < -0.3 is 0 Å². The largest absolute Gasteiger partial charge is 0.0654 e. The summed E-state index contributed by atoms with van der Waals surface area (Å²) in [5.41, 5.74) is 0. The first-order valence-electron chi connectivity index (χ1n) is 5.88. The first kappa shape index (κ1) is 10.1. The Morgan fingerprint density at radius 3 is 1.92 bits per heavy atom. The molecule has 0 aromatic heterocycles. The summed E-state index contributed by atoms with van der Waals surface area (Å²) in [5, 5.41) is 0. The zero-order chi connectivity index (χ0) is 8.81. The van der Waals surface area contributed by atoms with Crippen LogP contribution in [0.3, 0.4) is 0 Å². The Morgan fingerprint density at radius 2 is 1.50 bits per heavy atom. The van der Waals surface area contributed by atoms with Gasteiger partial charge in [-0.25, -0.2) is 0 Å². The summed E-state index contributed by atoms with van der Waals surface area (Å²) >= 11 is 0. The lowest BCUT2D eigenvalue weighted by molar-refractivity contribution is 0.294. The molecule has 1 saturated carbocycles. The van der Waals surface area contributed by atoms with Gasteiger partial charge in [-0.05, 0) is 11.8 Å². The number of hydrogen-bond donors (Lipinski definition) is 0. The molecule has 0 N–H and O–H groups in total. The van der Waals surface area contributed by atoms with Crippen LogP contribution >= 0.6 is 0 Å². The second-order valence-corrected chi connectivity index (χ2v) is 4.38. The van der Waals surface area contributed by atoms with Crippen LogP contribution in [0.25, 0.3) is 0 Å². The molecule has 1 aliphatic carbocycles. The van der Waals surface area contributed by atoms with Crippen molar-refractivity contribution in [1.29, 1.82) is 0 Å². The second-order valence-electron chi connectivity index (χ2n) is 4.38. The van der Waals surface area contributed by atoms with Crippen molar-refractivity contribution in [3.8, 4) is 0 Å². The van der Waals surface area contributed by atoms with Crippen molar-refractivity contribution in [2.75, 3.05) is 0 Å². The Labute approximate surface area is 77.7 Å². The monoisotopic (exact) mass is 168 g/mol. The van der Waals surface area contributed by atoms with Crippen LogP contribution in [0.5, 0.6) is 0 Å². The van der Waals surface area contributed by atoms with E-state index in [9.17, 15) is 0 Å². The quantitative estimate of drug-likeness (QED) is 0.571. The maximum atomic E-state index is 2.33. The zero-order valence-corrected chi connectivity index (χ0v) is 8.81. The Balaban J connectivity index is 2.29. The third-order valence-corrected chi connectivity index (χ3v) is 3.39. The molecule has 0 bridgehead atoms. The molecular weight excluding hydrogens is 144 g/mol. The third kappa shape index (κ3) is 2.80. The van der Waals surface area contributed by atoms with Crippen LogP contribution in [-0.4, -0.2) is 0 Å². The van der Waals surface area contributed by atoms with E-state index >= 15 is 0 Å². The van der Waals surface area contributed by atoms with Crippen molar-refractivity contribution in [3.05, 3.63) is 0 Å². The van der Waals surface area contributed by atoms with Gasteiger partial charge in [0.2, 0.25) is 0 Å². The van der Waals surface area contributed by atoms with E-state index in [1.54, 1.807) is 0 Å². The van der Waals surface area contributed by atoms with Gasteiger partial charge in [-0.3, -0.25) is 0 Å². The van der Waals surface area contributed by atoms with Crippen molar-refractivity contribution in [2.45, 2.75) is 65.2 Å². The fraction of sp³-hybridized carbons (Fsp3) is 1.00. The molecule has 0 atom stereocenters. The summed E-state index contributed by atoms with van der Waals surface area (Å²) in [6, 6.07) is 0. The number of hydrogen-bond acceptors (Lipinski definition) is 0. The Bertz CT molecular complexity index is 94.6. The Morgan fingerprint density at radius 1 is 1.00 bits per heavy atom. The van der Waals surface area contributed by atoms with Gasteiger partial charge in [0, 0.05) is 0 Å². The van der Waals surface area contributed by atoms with Crippen LogP contribution in [0, 0.1) is 11.8 Å². The lowest BCUT2D eigenvalue weighted by Gasteiger charge is -2.22. The first-order chi connectivity index (χ1) is 5.88. The first-order valence-corrected chi connectivity index (χ1v) is 5.88. The molecular formula is C12H24. The molecule has 0 heteroatoms. The van der Waals surface area contributed by atoms with Gasteiger partial charge >= 0.3 is 0 Å². The van der Waals surface area contributed by atoms with E-state index in [0.29, 0.717) is 0 Å². The summed E-state index contributed by atoms with van der Waals surface area (Å²) in [6.45, 7) is 4.66. The van der Waals surface area contributed by atoms with Gasteiger partial charge in [0.15, 0.2) is 0 Å². The van der Waals surface area contributed by atoms with Crippen molar-refractivity contribution in [2.24, 2.45) is 11.8 Å². The standard InChI is InChI=1S/C12H24/c1-3-7-11(8-4-2)12-9-5-6-10-12/h11-12H,3-10H2,1-2H3. The van der Waals surface area contributed by atoms with Gasteiger partial charge in [0.1, 0.15) is 0 Å². The van der Waals surface area contributed by atoms with E-state index in [4.69, 9.17) is 0 Å². The molecule has 72 valence electrons. The van der Waals surface area contributed by atoms with Gasteiger partial charge in [-0.1, -0.05) is 65.2 Å². The van der Waals surface area contributed by atoms with Crippen LogP contribution in [0.4, 0.5) is 0 Å². The van der Waals surface area contributed by atoms with E-state index in [2.05, 4.69) is 13.8 Å². The average Bonchev–Trinajstić information content (AvgIpc) is 2.56. The molecule has 0 nitrogen and oxygen atoms in total. The summed E-state index contributed by atoms with van der Waals surface area (Å²) in [6.07, 6.45) is 11.8. The highest BCUT2D eigenvalue weighted by Gasteiger charge is 2.23. The highest BCUT2D eigenvalue weighted by molar-refractivity contribution is 4.74. The predicted molar refractivity (Wildman–Crippen MR) is 55.3 cm³/mol. The minimum atomic E-state index is 1.07. The van der Waals surface area contributed by atoms with Crippen LogP contribution < -0.4 is 0 Å². The molecule has 0 saturated heterocycles. The van der Waals surface area contributed by atoms with Crippen molar-refractivity contribution < 1.29 is 0 Å². The molecule has 0 spiro atoms. The molecule has 0 unspecified atom stereocenters. The lowest BCUT2D eigenvalue weighted by atomic mass is 9.84. The van der Waals surface area contributed by atoms with Crippen LogP contribution in [0.1, 0.15) is 65.2 Å². The average molecular weight is 168 g/mol. The van der Waals surface area contributed by atoms with E-state index in [0.717, 1.165) is 11.8 Å². The topological polar surface area (TPSA) is 0 Å². The van der Waals surface area contributed by atoms with Crippen LogP contribution in [0.2, 0.25) is 0 Å². The minimum Gasteiger partial charge on any atom is -0.0654 e. The normalized spacial score (nSPS) is 19.2. The molecule has 0 aliphatic heterocycles. The molecule has 1 rings (SSSR count). The fourth-order valence-corrected chi connectivity index (χ4v) is 2.79. The zero-order valence-electron chi connectivity index (χ0n) is 8.81. The summed E-state index contributed by atoms with van der Waals surface area (Å²) in [5.74, 6) is 2.17. The van der Waals surface area contributed by atoms with Gasteiger partial charge in [0.25, 0.3) is 0 Å². The SMILES string of the molecule is CCCC(CCC)C1CCCC1. The molecule has 0 heterocycles.